The van der Waals surface area contributed by atoms with Gasteiger partial charge in [0.2, 0.25) is 0 Å². The van der Waals surface area contributed by atoms with E-state index in [1.165, 1.54) is 5.56 Å². The number of hydrogen-bond acceptors (Lipinski definition) is 2. The fourth-order valence-corrected chi connectivity index (χ4v) is 1.58. The van der Waals surface area contributed by atoms with Crippen LogP contribution < -0.4 is 4.90 Å². The number of aryl methyl sites for hydroxylation is 1. The molecule has 0 fully saturated rings. The van der Waals surface area contributed by atoms with Crippen LogP contribution in [0.1, 0.15) is 5.56 Å². The van der Waals surface area contributed by atoms with Crippen LogP contribution >= 0.6 is 15.9 Å². The van der Waals surface area contributed by atoms with E-state index in [2.05, 4.69) is 32.8 Å². The fraction of sp³-hybridized carbons (Fsp3) is 0.182. The third kappa shape index (κ3) is 2.04. The molecule has 0 spiro atoms. The topological polar surface area (TPSA) is 31.9 Å². The minimum atomic E-state index is 0.929. The van der Waals surface area contributed by atoms with Gasteiger partial charge in [0.1, 0.15) is 11.6 Å². The molecule has 0 unspecified atom stereocenters. The van der Waals surface area contributed by atoms with Gasteiger partial charge in [0.25, 0.3) is 0 Å². The maximum Gasteiger partial charge on any atom is 0.134 e. The molecule has 0 aliphatic rings. The minimum Gasteiger partial charge on any atom is -0.348 e. The standard InChI is InChI=1S/C11H12BrN3/c1-8-6-11(14-7-9(8)12)15(2)10-4-3-5-13-10/h3-7,13H,1-2H3. The molecule has 0 amide bonds. The molecule has 15 heavy (non-hydrogen) atoms. The van der Waals surface area contributed by atoms with Crippen molar-refractivity contribution in [1.82, 2.24) is 9.97 Å². The van der Waals surface area contributed by atoms with Crippen molar-refractivity contribution in [2.45, 2.75) is 6.92 Å². The van der Waals surface area contributed by atoms with Gasteiger partial charge in [-0.15, -0.1) is 0 Å². The van der Waals surface area contributed by atoms with Gasteiger partial charge in [-0.05, 0) is 46.6 Å². The smallest absolute Gasteiger partial charge is 0.134 e. The van der Waals surface area contributed by atoms with Crippen LogP contribution in [0.4, 0.5) is 11.6 Å². The molecule has 0 aliphatic heterocycles. The number of rotatable bonds is 2. The minimum absolute atomic E-state index is 0.929. The van der Waals surface area contributed by atoms with E-state index in [-0.39, 0.29) is 0 Å². The van der Waals surface area contributed by atoms with Gasteiger partial charge in [-0.3, -0.25) is 0 Å². The van der Waals surface area contributed by atoms with Crippen molar-refractivity contribution in [1.29, 1.82) is 0 Å². The zero-order chi connectivity index (χ0) is 10.8. The van der Waals surface area contributed by atoms with Crippen LogP contribution in [-0.4, -0.2) is 17.0 Å². The Labute approximate surface area is 97.3 Å². The van der Waals surface area contributed by atoms with Crippen LogP contribution in [0.3, 0.4) is 0 Å². The van der Waals surface area contributed by atoms with Gasteiger partial charge >= 0.3 is 0 Å². The third-order valence-electron chi connectivity index (χ3n) is 2.32. The molecule has 2 aromatic rings. The van der Waals surface area contributed by atoms with Crippen molar-refractivity contribution < 1.29 is 0 Å². The van der Waals surface area contributed by atoms with Gasteiger partial charge in [0.05, 0.1) is 0 Å². The Bertz CT molecular complexity index is 451. The summed E-state index contributed by atoms with van der Waals surface area (Å²) >= 11 is 3.44. The van der Waals surface area contributed by atoms with Gasteiger partial charge in [-0.1, -0.05) is 0 Å². The number of nitrogens with zero attached hydrogens (tertiary/aromatic N) is 2. The van der Waals surface area contributed by atoms with Crippen LogP contribution in [-0.2, 0) is 0 Å². The predicted molar refractivity (Wildman–Crippen MR) is 65.5 cm³/mol. The maximum absolute atomic E-state index is 4.35. The highest BCUT2D eigenvalue weighted by Gasteiger charge is 2.06. The van der Waals surface area contributed by atoms with Crippen molar-refractivity contribution in [2.75, 3.05) is 11.9 Å². The fourth-order valence-electron chi connectivity index (χ4n) is 1.36. The zero-order valence-corrected chi connectivity index (χ0v) is 10.2. The van der Waals surface area contributed by atoms with Crippen molar-refractivity contribution in [2.24, 2.45) is 0 Å². The molecular weight excluding hydrogens is 254 g/mol. The average Bonchev–Trinajstić information content (AvgIpc) is 2.74. The SMILES string of the molecule is Cc1cc(N(C)c2ccc[nH]2)ncc1Br. The first kappa shape index (κ1) is 10.2. The number of pyridine rings is 1. The quantitative estimate of drug-likeness (QED) is 0.904. The molecule has 1 N–H and O–H groups in total. The molecule has 0 bridgehead atoms. The summed E-state index contributed by atoms with van der Waals surface area (Å²) in [6, 6.07) is 6.03. The van der Waals surface area contributed by atoms with Gasteiger partial charge in [0.15, 0.2) is 0 Å². The summed E-state index contributed by atoms with van der Waals surface area (Å²) in [7, 11) is 1.99. The largest absolute Gasteiger partial charge is 0.348 e. The maximum atomic E-state index is 4.35. The second kappa shape index (κ2) is 4.06. The molecule has 4 heteroatoms. The molecule has 0 radical (unpaired) electrons. The molecule has 0 atom stereocenters. The summed E-state index contributed by atoms with van der Waals surface area (Å²) in [5.41, 5.74) is 1.18. The van der Waals surface area contributed by atoms with Crippen molar-refractivity contribution in [3.63, 3.8) is 0 Å². The lowest BCUT2D eigenvalue weighted by Gasteiger charge is -2.16. The van der Waals surface area contributed by atoms with E-state index >= 15 is 0 Å². The van der Waals surface area contributed by atoms with Crippen LogP contribution in [0.2, 0.25) is 0 Å². The number of nitrogens with one attached hydrogen (secondary N) is 1. The van der Waals surface area contributed by atoms with E-state index in [0.29, 0.717) is 0 Å². The van der Waals surface area contributed by atoms with E-state index < -0.39 is 0 Å². The van der Waals surface area contributed by atoms with E-state index in [9.17, 15) is 0 Å². The summed E-state index contributed by atoms with van der Waals surface area (Å²) in [5, 5.41) is 0. The monoisotopic (exact) mass is 265 g/mol. The highest BCUT2D eigenvalue weighted by Crippen LogP contribution is 2.23. The molecule has 0 aromatic carbocycles. The molecule has 0 saturated carbocycles. The Kier molecular flexibility index (Phi) is 2.77. The summed E-state index contributed by atoms with van der Waals surface area (Å²) in [5.74, 6) is 1.96. The number of halogens is 1. The predicted octanol–water partition coefficient (Wildman–Crippen LogP) is 3.25. The molecule has 0 aliphatic carbocycles. The van der Waals surface area contributed by atoms with Gasteiger partial charge in [-0.2, -0.15) is 0 Å². The molecule has 78 valence electrons. The molecule has 2 heterocycles. The number of aromatic amines is 1. The molecular formula is C11H12BrN3. The van der Waals surface area contributed by atoms with E-state index in [1.807, 2.05) is 42.5 Å². The Morgan fingerprint density at radius 3 is 2.87 bits per heavy atom. The number of hydrogen-bond donors (Lipinski definition) is 1. The molecule has 0 saturated heterocycles. The highest BCUT2D eigenvalue weighted by atomic mass is 79.9. The summed E-state index contributed by atoms with van der Waals surface area (Å²) in [4.78, 5) is 9.51. The Hall–Kier alpha value is -1.29. The van der Waals surface area contributed by atoms with Crippen LogP contribution in [0.15, 0.2) is 35.1 Å². The Morgan fingerprint density at radius 1 is 1.47 bits per heavy atom. The third-order valence-corrected chi connectivity index (χ3v) is 3.15. The summed E-state index contributed by atoms with van der Waals surface area (Å²) in [6.07, 6.45) is 3.72. The lowest BCUT2D eigenvalue weighted by atomic mass is 10.3. The van der Waals surface area contributed by atoms with Crippen LogP contribution in [0.5, 0.6) is 0 Å². The van der Waals surface area contributed by atoms with Crippen molar-refractivity contribution >= 4 is 27.6 Å². The Balaban J connectivity index is 2.34. The first-order valence-corrected chi connectivity index (χ1v) is 5.47. The normalized spacial score (nSPS) is 10.3. The van der Waals surface area contributed by atoms with Gasteiger partial charge in [-0.25, -0.2) is 4.98 Å². The van der Waals surface area contributed by atoms with Crippen molar-refractivity contribution in [3.8, 4) is 0 Å². The molecule has 2 aromatic heterocycles. The number of anilines is 2. The molecule has 3 nitrogen and oxygen atoms in total. The summed E-state index contributed by atoms with van der Waals surface area (Å²) in [6.45, 7) is 2.05. The average molecular weight is 266 g/mol. The van der Waals surface area contributed by atoms with E-state index in [4.69, 9.17) is 0 Å². The second-order valence-electron chi connectivity index (χ2n) is 3.41. The van der Waals surface area contributed by atoms with Gasteiger partial charge < -0.3 is 9.88 Å². The number of aromatic nitrogens is 2. The van der Waals surface area contributed by atoms with E-state index in [0.717, 1.165) is 16.1 Å². The lowest BCUT2D eigenvalue weighted by Crippen LogP contribution is -2.11. The lowest BCUT2D eigenvalue weighted by molar-refractivity contribution is 1.08. The summed E-state index contributed by atoms with van der Waals surface area (Å²) < 4.78 is 1.03. The first-order valence-electron chi connectivity index (χ1n) is 4.68. The first-order chi connectivity index (χ1) is 7.18. The van der Waals surface area contributed by atoms with Crippen LogP contribution in [0.25, 0.3) is 0 Å². The zero-order valence-electron chi connectivity index (χ0n) is 8.66. The number of H-pyrrole nitrogens is 1. The van der Waals surface area contributed by atoms with Gasteiger partial charge in [0, 0.05) is 23.9 Å². The van der Waals surface area contributed by atoms with Crippen molar-refractivity contribution in [3.05, 3.63) is 40.6 Å². The Morgan fingerprint density at radius 2 is 2.27 bits per heavy atom. The molecule has 2 rings (SSSR count). The highest BCUT2D eigenvalue weighted by molar-refractivity contribution is 9.10. The van der Waals surface area contributed by atoms with E-state index in [1.54, 1.807) is 0 Å². The van der Waals surface area contributed by atoms with Crippen LogP contribution in [0, 0.1) is 6.92 Å². The second-order valence-corrected chi connectivity index (χ2v) is 4.26.